The van der Waals surface area contributed by atoms with E-state index >= 15 is 0 Å². The fraction of sp³-hybridized carbons (Fsp3) is 0.375. The van der Waals surface area contributed by atoms with Crippen LogP contribution in [0.1, 0.15) is 34.7 Å². The van der Waals surface area contributed by atoms with Gasteiger partial charge in [0.1, 0.15) is 11.6 Å². The summed E-state index contributed by atoms with van der Waals surface area (Å²) in [6.45, 7) is 1.02. The van der Waals surface area contributed by atoms with Crippen molar-refractivity contribution in [3.05, 3.63) is 53.4 Å². The third-order valence-electron chi connectivity index (χ3n) is 4.06. The minimum atomic E-state index is -0.452. The van der Waals surface area contributed by atoms with Crippen LogP contribution >= 0.6 is 0 Å². The minimum absolute atomic E-state index is 0.116. The lowest BCUT2D eigenvalue weighted by Crippen LogP contribution is -2.39. The Bertz CT molecular complexity index is 698. The van der Waals surface area contributed by atoms with Gasteiger partial charge in [-0.2, -0.15) is 5.10 Å². The number of likely N-dealkylation sites (tertiary alicyclic amines) is 1. The monoisotopic (exact) mass is 305 g/mol. The van der Waals surface area contributed by atoms with Crippen LogP contribution in [0.15, 0.2) is 30.6 Å². The predicted octanol–water partition coefficient (Wildman–Crippen LogP) is 2.72. The number of amides is 1. The van der Waals surface area contributed by atoms with E-state index in [0.717, 1.165) is 25.0 Å². The molecular weight excluding hydrogens is 288 g/mol. The first-order valence-electron chi connectivity index (χ1n) is 7.27. The highest BCUT2D eigenvalue weighted by molar-refractivity contribution is 5.93. The fourth-order valence-corrected chi connectivity index (χ4v) is 2.96. The van der Waals surface area contributed by atoms with E-state index in [1.165, 1.54) is 12.3 Å². The lowest BCUT2D eigenvalue weighted by molar-refractivity contribution is 0.0705. The van der Waals surface area contributed by atoms with Crippen LogP contribution in [-0.2, 0) is 7.05 Å². The van der Waals surface area contributed by atoms with Gasteiger partial charge >= 0.3 is 0 Å². The Labute approximate surface area is 127 Å². The maximum absolute atomic E-state index is 13.9. The lowest BCUT2D eigenvalue weighted by atomic mass is 9.90. The molecule has 1 amide bonds. The number of rotatable bonds is 2. The third-order valence-corrected chi connectivity index (χ3v) is 4.06. The number of aryl methyl sites for hydroxylation is 1. The molecule has 1 aromatic heterocycles. The van der Waals surface area contributed by atoms with Gasteiger partial charge in [0.15, 0.2) is 0 Å². The van der Waals surface area contributed by atoms with Gasteiger partial charge in [0.25, 0.3) is 5.91 Å². The van der Waals surface area contributed by atoms with Crippen molar-refractivity contribution in [1.82, 2.24) is 14.7 Å². The van der Waals surface area contributed by atoms with Crippen molar-refractivity contribution in [3.8, 4) is 0 Å². The molecule has 0 radical (unpaired) electrons. The van der Waals surface area contributed by atoms with E-state index in [0.29, 0.717) is 24.2 Å². The van der Waals surface area contributed by atoms with Crippen LogP contribution in [-0.4, -0.2) is 33.7 Å². The highest BCUT2D eigenvalue weighted by Gasteiger charge is 2.27. The van der Waals surface area contributed by atoms with Crippen LogP contribution in [0.5, 0.6) is 0 Å². The van der Waals surface area contributed by atoms with E-state index in [4.69, 9.17) is 0 Å². The quantitative estimate of drug-likeness (QED) is 0.855. The summed E-state index contributed by atoms with van der Waals surface area (Å²) in [6.07, 6.45) is 4.70. The summed E-state index contributed by atoms with van der Waals surface area (Å²) in [5.74, 6) is -1.16. The largest absolute Gasteiger partial charge is 0.338 e. The highest BCUT2D eigenvalue weighted by atomic mass is 19.1. The number of halogens is 2. The van der Waals surface area contributed by atoms with Gasteiger partial charge in [-0.25, -0.2) is 8.78 Å². The number of carbonyl (C=O) groups excluding carboxylic acids is 1. The van der Waals surface area contributed by atoms with Crippen molar-refractivity contribution in [2.45, 2.75) is 18.8 Å². The van der Waals surface area contributed by atoms with Gasteiger partial charge in [-0.1, -0.05) is 0 Å². The molecular formula is C16H17F2N3O. The van der Waals surface area contributed by atoms with Crippen LogP contribution in [0.3, 0.4) is 0 Å². The smallest absolute Gasteiger partial charge is 0.257 e. The second-order valence-corrected chi connectivity index (χ2v) is 5.66. The van der Waals surface area contributed by atoms with Crippen LogP contribution in [0, 0.1) is 11.6 Å². The first kappa shape index (κ1) is 14.7. The Morgan fingerprint density at radius 2 is 2.18 bits per heavy atom. The van der Waals surface area contributed by atoms with E-state index in [1.54, 1.807) is 22.8 Å². The molecule has 1 aromatic carbocycles. The number of benzene rings is 1. The molecule has 116 valence electrons. The Hall–Kier alpha value is -2.24. The molecule has 0 aliphatic carbocycles. The van der Waals surface area contributed by atoms with Gasteiger partial charge in [0.2, 0.25) is 0 Å². The molecule has 1 atom stereocenters. The summed E-state index contributed by atoms with van der Waals surface area (Å²) in [7, 11) is 1.75. The number of aromatic nitrogens is 2. The van der Waals surface area contributed by atoms with Gasteiger partial charge in [-0.15, -0.1) is 0 Å². The molecule has 1 unspecified atom stereocenters. The van der Waals surface area contributed by atoms with E-state index < -0.39 is 11.6 Å². The molecule has 4 nitrogen and oxygen atoms in total. The van der Waals surface area contributed by atoms with Crippen molar-refractivity contribution >= 4 is 5.91 Å². The minimum Gasteiger partial charge on any atom is -0.338 e. The van der Waals surface area contributed by atoms with E-state index in [2.05, 4.69) is 5.10 Å². The van der Waals surface area contributed by atoms with Crippen molar-refractivity contribution in [2.75, 3.05) is 13.1 Å². The number of hydrogen-bond acceptors (Lipinski definition) is 2. The SMILES string of the molecule is Cn1cc(C(=O)N2CCCC(c3cc(F)ccc3F)C2)cn1. The molecule has 0 spiro atoms. The molecule has 22 heavy (non-hydrogen) atoms. The maximum atomic E-state index is 13.9. The Morgan fingerprint density at radius 1 is 1.36 bits per heavy atom. The van der Waals surface area contributed by atoms with Gasteiger partial charge in [-0.05, 0) is 36.6 Å². The molecule has 6 heteroatoms. The van der Waals surface area contributed by atoms with Crippen molar-refractivity contribution < 1.29 is 13.6 Å². The Balaban J connectivity index is 1.79. The molecule has 1 saturated heterocycles. The molecule has 1 fully saturated rings. The Morgan fingerprint density at radius 3 is 2.91 bits per heavy atom. The van der Waals surface area contributed by atoms with Gasteiger partial charge in [-0.3, -0.25) is 9.48 Å². The molecule has 0 N–H and O–H groups in total. The summed E-state index contributed by atoms with van der Waals surface area (Å²) in [4.78, 5) is 14.1. The van der Waals surface area contributed by atoms with Crippen LogP contribution in [0.25, 0.3) is 0 Å². The zero-order valence-electron chi connectivity index (χ0n) is 12.3. The molecule has 2 aromatic rings. The number of carbonyl (C=O) groups is 1. The van der Waals surface area contributed by atoms with Crippen molar-refractivity contribution in [3.63, 3.8) is 0 Å². The second-order valence-electron chi connectivity index (χ2n) is 5.66. The topological polar surface area (TPSA) is 38.1 Å². The molecule has 1 aliphatic heterocycles. The lowest BCUT2D eigenvalue weighted by Gasteiger charge is -2.33. The normalized spacial score (nSPS) is 18.5. The van der Waals surface area contributed by atoms with Crippen molar-refractivity contribution in [1.29, 1.82) is 0 Å². The molecule has 1 aliphatic rings. The summed E-state index contributed by atoms with van der Waals surface area (Å²) in [5, 5.41) is 4.00. The zero-order valence-corrected chi connectivity index (χ0v) is 12.3. The Kier molecular flexibility index (Phi) is 3.92. The summed E-state index contributed by atoms with van der Waals surface area (Å²) in [5.41, 5.74) is 0.867. The summed E-state index contributed by atoms with van der Waals surface area (Å²) >= 11 is 0. The van der Waals surface area contributed by atoms with Crippen LogP contribution in [0.2, 0.25) is 0 Å². The van der Waals surface area contributed by atoms with E-state index in [9.17, 15) is 13.6 Å². The average Bonchev–Trinajstić information content (AvgIpc) is 2.95. The van der Waals surface area contributed by atoms with E-state index in [-0.39, 0.29) is 11.8 Å². The average molecular weight is 305 g/mol. The van der Waals surface area contributed by atoms with Gasteiger partial charge in [0.05, 0.1) is 11.8 Å². The number of nitrogens with zero attached hydrogens (tertiary/aromatic N) is 3. The third kappa shape index (κ3) is 2.86. The number of piperidine rings is 1. The summed E-state index contributed by atoms with van der Waals surface area (Å²) < 4.78 is 28.9. The molecule has 3 rings (SSSR count). The van der Waals surface area contributed by atoms with Crippen LogP contribution < -0.4 is 0 Å². The fourth-order valence-electron chi connectivity index (χ4n) is 2.96. The zero-order chi connectivity index (χ0) is 15.7. The number of hydrogen-bond donors (Lipinski definition) is 0. The molecule has 0 bridgehead atoms. The predicted molar refractivity (Wildman–Crippen MR) is 77.4 cm³/mol. The summed E-state index contributed by atoms with van der Waals surface area (Å²) in [6, 6.07) is 3.49. The first-order valence-corrected chi connectivity index (χ1v) is 7.27. The molecule has 2 heterocycles. The van der Waals surface area contributed by atoms with Gasteiger partial charge < -0.3 is 4.90 Å². The highest BCUT2D eigenvalue weighted by Crippen LogP contribution is 2.29. The van der Waals surface area contributed by atoms with E-state index in [1.807, 2.05) is 0 Å². The maximum Gasteiger partial charge on any atom is 0.257 e. The van der Waals surface area contributed by atoms with Crippen molar-refractivity contribution in [2.24, 2.45) is 7.05 Å². The van der Waals surface area contributed by atoms with Gasteiger partial charge in [0, 0.05) is 32.3 Å². The van der Waals surface area contributed by atoms with Crippen LogP contribution in [0.4, 0.5) is 8.78 Å². The second kappa shape index (κ2) is 5.87. The first-order chi connectivity index (χ1) is 10.5. The standard InChI is InChI=1S/C16H17F2N3O/c1-20-9-12(8-19-20)16(22)21-6-2-3-11(10-21)14-7-13(17)4-5-15(14)18/h4-5,7-9,11H,2-3,6,10H2,1H3. The molecule has 0 saturated carbocycles.